The van der Waals surface area contributed by atoms with Crippen molar-refractivity contribution in [3.63, 3.8) is 0 Å². The van der Waals surface area contributed by atoms with Gasteiger partial charge in [-0.1, -0.05) is 60.7 Å². The monoisotopic (exact) mass is 289 g/mol. The molecule has 0 saturated carbocycles. The number of nitrogens with zero attached hydrogens (tertiary/aromatic N) is 1. The number of hydrogen-bond donors (Lipinski definition) is 2. The van der Waals surface area contributed by atoms with E-state index in [-0.39, 0.29) is 0 Å². The molecule has 0 amide bonds. The van der Waals surface area contributed by atoms with Crippen LogP contribution in [-0.4, -0.2) is 4.98 Å². The highest BCUT2D eigenvalue weighted by Gasteiger charge is 1.97. The third kappa shape index (κ3) is 4.80. The van der Waals surface area contributed by atoms with Crippen LogP contribution in [0.5, 0.6) is 0 Å². The van der Waals surface area contributed by atoms with E-state index < -0.39 is 0 Å². The van der Waals surface area contributed by atoms with E-state index in [0.717, 1.165) is 11.1 Å². The first-order chi connectivity index (χ1) is 10.8. The number of pyridine rings is 1. The molecule has 3 nitrogen and oxygen atoms in total. The Bertz CT molecular complexity index is 681. The van der Waals surface area contributed by atoms with Gasteiger partial charge < -0.3 is 11.5 Å². The zero-order chi connectivity index (χ0) is 15.6. The van der Waals surface area contributed by atoms with Crippen molar-refractivity contribution in [2.75, 3.05) is 11.5 Å². The first-order valence-electron chi connectivity index (χ1n) is 6.99. The predicted octanol–water partition coefficient (Wildman–Crippen LogP) is 4.10. The van der Waals surface area contributed by atoms with Crippen LogP contribution in [0.4, 0.5) is 11.4 Å². The molecule has 3 aromatic rings. The Labute approximate surface area is 130 Å². The van der Waals surface area contributed by atoms with E-state index in [0.29, 0.717) is 11.4 Å². The van der Waals surface area contributed by atoms with Crippen molar-refractivity contribution >= 4 is 23.5 Å². The molecule has 0 radical (unpaired) electrons. The van der Waals surface area contributed by atoms with E-state index >= 15 is 0 Å². The average molecular weight is 289 g/mol. The summed E-state index contributed by atoms with van der Waals surface area (Å²) in [4.78, 5) is 3.78. The maximum absolute atomic E-state index is 5.87. The van der Waals surface area contributed by atoms with Gasteiger partial charge >= 0.3 is 0 Å². The fraction of sp³-hybridized carbons (Fsp3) is 0. The second kappa shape index (κ2) is 8.27. The summed E-state index contributed by atoms with van der Waals surface area (Å²) in [5, 5.41) is 0. The molecule has 4 N–H and O–H groups in total. The quantitative estimate of drug-likeness (QED) is 0.551. The Balaban J connectivity index is 0.000000246. The van der Waals surface area contributed by atoms with E-state index in [1.165, 1.54) is 0 Å². The summed E-state index contributed by atoms with van der Waals surface area (Å²) in [5.74, 6) is 0. The number of benzene rings is 2. The van der Waals surface area contributed by atoms with Gasteiger partial charge in [0.2, 0.25) is 0 Å². The van der Waals surface area contributed by atoms with Crippen LogP contribution < -0.4 is 11.5 Å². The molecule has 0 fully saturated rings. The van der Waals surface area contributed by atoms with E-state index in [2.05, 4.69) is 4.98 Å². The molecule has 1 aromatic heterocycles. The van der Waals surface area contributed by atoms with Gasteiger partial charge in [-0.05, 0) is 29.3 Å². The molecule has 0 aliphatic heterocycles. The maximum Gasteiger partial charge on any atom is 0.0621 e. The number of aromatic nitrogens is 1. The van der Waals surface area contributed by atoms with Crippen LogP contribution in [0, 0.1) is 0 Å². The second-order valence-electron chi connectivity index (χ2n) is 4.62. The molecule has 0 aliphatic rings. The highest BCUT2D eigenvalue weighted by Crippen LogP contribution is 2.21. The first kappa shape index (κ1) is 15.3. The molecule has 3 rings (SSSR count). The zero-order valence-electron chi connectivity index (χ0n) is 12.3. The second-order valence-corrected chi connectivity index (χ2v) is 4.62. The van der Waals surface area contributed by atoms with Crippen LogP contribution in [0.15, 0.2) is 79.1 Å². The minimum absolute atomic E-state index is 0.621. The molecular formula is C19H19N3. The van der Waals surface area contributed by atoms with Gasteiger partial charge in [-0.15, -0.1) is 0 Å². The molecule has 0 saturated heterocycles. The van der Waals surface area contributed by atoms with Crippen LogP contribution in [-0.2, 0) is 0 Å². The van der Waals surface area contributed by atoms with Gasteiger partial charge in [0.1, 0.15) is 0 Å². The third-order valence-electron chi connectivity index (χ3n) is 2.99. The minimum atomic E-state index is 0.621. The molecule has 0 atom stereocenters. The number of para-hydroxylation sites is 1. The molecule has 0 spiro atoms. The van der Waals surface area contributed by atoms with Crippen LogP contribution >= 0.6 is 0 Å². The smallest absolute Gasteiger partial charge is 0.0621 e. The Morgan fingerprint density at radius 2 is 1.36 bits per heavy atom. The van der Waals surface area contributed by atoms with E-state index in [1.807, 2.05) is 72.8 Å². The van der Waals surface area contributed by atoms with E-state index in [1.54, 1.807) is 18.5 Å². The molecular weight excluding hydrogens is 270 g/mol. The lowest BCUT2D eigenvalue weighted by Crippen LogP contribution is -1.96. The number of hydrogen-bond acceptors (Lipinski definition) is 3. The number of nitrogen functional groups attached to an aromatic ring is 2. The van der Waals surface area contributed by atoms with Gasteiger partial charge in [0, 0.05) is 12.4 Å². The first-order valence-corrected chi connectivity index (χ1v) is 6.99. The summed E-state index contributed by atoms with van der Waals surface area (Å²) >= 11 is 0. The summed E-state index contributed by atoms with van der Waals surface area (Å²) in [6.07, 6.45) is 7.49. The molecule has 110 valence electrons. The predicted molar refractivity (Wildman–Crippen MR) is 94.9 cm³/mol. The van der Waals surface area contributed by atoms with Crippen LogP contribution in [0.25, 0.3) is 12.2 Å². The molecule has 3 heteroatoms. The minimum Gasteiger partial charge on any atom is -0.397 e. The highest BCUT2D eigenvalue weighted by molar-refractivity contribution is 5.81. The number of anilines is 2. The van der Waals surface area contributed by atoms with Gasteiger partial charge in [0.25, 0.3) is 0 Å². The summed E-state index contributed by atoms with van der Waals surface area (Å²) in [6, 6.07) is 21.4. The van der Waals surface area contributed by atoms with Gasteiger partial charge in [-0.3, -0.25) is 4.98 Å². The van der Waals surface area contributed by atoms with Crippen molar-refractivity contribution in [3.8, 4) is 0 Å². The Hall–Kier alpha value is -3.07. The molecule has 0 bridgehead atoms. The topological polar surface area (TPSA) is 64.9 Å². The van der Waals surface area contributed by atoms with E-state index in [9.17, 15) is 0 Å². The van der Waals surface area contributed by atoms with Crippen molar-refractivity contribution in [2.24, 2.45) is 0 Å². The largest absolute Gasteiger partial charge is 0.397 e. The van der Waals surface area contributed by atoms with Crippen LogP contribution in [0.1, 0.15) is 11.1 Å². The SMILES string of the molecule is Nc1cccc(C=Cc2ccccc2)c1N.c1ccncc1. The van der Waals surface area contributed by atoms with Crippen molar-refractivity contribution in [2.45, 2.75) is 0 Å². The van der Waals surface area contributed by atoms with Crippen LogP contribution in [0.3, 0.4) is 0 Å². The Morgan fingerprint density at radius 1 is 0.682 bits per heavy atom. The molecule has 22 heavy (non-hydrogen) atoms. The fourth-order valence-electron chi connectivity index (χ4n) is 1.81. The van der Waals surface area contributed by atoms with Crippen LogP contribution in [0.2, 0.25) is 0 Å². The lowest BCUT2D eigenvalue weighted by Gasteiger charge is -2.03. The van der Waals surface area contributed by atoms with Gasteiger partial charge in [-0.2, -0.15) is 0 Å². The fourth-order valence-corrected chi connectivity index (χ4v) is 1.81. The van der Waals surface area contributed by atoms with Crippen molar-refractivity contribution < 1.29 is 0 Å². The molecule has 0 unspecified atom stereocenters. The number of nitrogens with two attached hydrogens (primary N) is 2. The zero-order valence-corrected chi connectivity index (χ0v) is 12.3. The molecule has 0 aliphatic carbocycles. The van der Waals surface area contributed by atoms with Gasteiger partial charge in [-0.25, -0.2) is 0 Å². The summed E-state index contributed by atoms with van der Waals surface area (Å²) < 4.78 is 0. The molecule has 2 aromatic carbocycles. The Kier molecular flexibility index (Phi) is 5.76. The standard InChI is InChI=1S/C14H14N2.C5H5N/c15-13-8-4-7-12(14(13)16)10-9-11-5-2-1-3-6-11;1-2-4-6-5-3-1/h1-10H,15-16H2;1-5H. The maximum atomic E-state index is 5.87. The van der Waals surface area contributed by atoms with Crippen molar-refractivity contribution in [1.29, 1.82) is 0 Å². The lowest BCUT2D eigenvalue weighted by molar-refractivity contribution is 1.33. The normalized spacial score (nSPS) is 10.0. The van der Waals surface area contributed by atoms with E-state index in [4.69, 9.17) is 11.5 Å². The van der Waals surface area contributed by atoms with Gasteiger partial charge in [0.15, 0.2) is 0 Å². The number of rotatable bonds is 2. The average Bonchev–Trinajstić information content (AvgIpc) is 2.59. The highest BCUT2D eigenvalue weighted by atomic mass is 14.7. The third-order valence-corrected chi connectivity index (χ3v) is 2.99. The summed E-state index contributed by atoms with van der Waals surface area (Å²) in [6.45, 7) is 0. The van der Waals surface area contributed by atoms with Crippen molar-refractivity contribution in [1.82, 2.24) is 4.98 Å². The Morgan fingerprint density at radius 3 is 1.95 bits per heavy atom. The summed E-state index contributed by atoms with van der Waals surface area (Å²) in [5.41, 5.74) is 14.9. The summed E-state index contributed by atoms with van der Waals surface area (Å²) in [7, 11) is 0. The van der Waals surface area contributed by atoms with Gasteiger partial charge in [0.05, 0.1) is 11.4 Å². The van der Waals surface area contributed by atoms with Crippen molar-refractivity contribution in [3.05, 3.63) is 90.3 Å². The molecule has 1 heterocycles. The lowest BCUT2D eigenvalue weighted by atomic mass is 10.1.